The Bertz CT molecular complexity index is 980. The number of hydrazone groups is 1. The van der Waals surface area contributed by atoms with Gasteiger partial charge in [-0.2, -0.15) is 5.10 Å². The van der Waals surface area contributed by atoms with Gasteiger partial charge in [0.05, 0.1) is 23.0 Å². The molecule has 178 valence electrons. The number of rotatable bonds is 11. The number of carbonyl (C=O) groups excluding carboxylic acids is 2. The van der Waals surface area contributed by atoms with Crippen LogP contribution in [0.15, 0.2) is 41.5 Å². The number of hydrogen-bond acceptors (Lipinski definition) is 5. The maximum Gasteiger partial charge on any atom is 0.262 e. The number of nitrogens with one attached hydrogen (secondary N) is 2. The lowest BCUT2D eigenvalue weighted by atomic mass is 10.0. The van der Waals surface area contributed by atoms with Crippen LogP contribution in [0.5, 0.6) is 11.5 Å². The minimum Gasteiger partial charge on any atom is -0.490 e. The number of hydrogen-bond donors (Lipinski definition) is 2. The van der Waals surface area contributed by atoms with Crippen LogP contribution < -0.4 is 20.2 Å². The molecule has 0 radical (unpaired) electrons. The number of nitrogens with zero attached hydrogens (tertiary/aromatic N) is 1. The Labute approximate surface area is 213 Å². The van der Waals surface area contributed by atoms with Crippen molar-refractivity contribution >= 4 is 52.2 Å². The lowest BCUT2D eigenvalue weighted by molar-refractivity contribution is -0.123. The molecule has 2 aromatic carbocycles. The van der Waals surface area contributed by atoms with Gasteiger partial charge >= 0.3 is 0 Å². The van der Waals surface area contributed by atoms with Crippen LogP contribution in [-0.4, -0.2) is 37.3 Å². The van der Waals surface area contributed by atoms with Gasteiger partial charge < -0.3 is 14.8 Å². The number of benzene rings is 2. The molecule has 0 saturated carbocycles. The van der Waals surface area contributed by atoms with E-state index < -0.39 is 11.9 Å². The van der Waals surface area contributed by atoms with Gasteiger partial charge in [-0.05, 0) is 90.7 Å². The molecular weight excluding hydrogens is 557 g/mol. The molecule has 0 fully saturated rings. The van der Waals surface area contributed by atoms with E-state index in [0.717, 1.165) is 9.13 Å². The van der Waals surface area contributed by atoms with Crippen molar-refractivity contribution in [2.45, 2.75) is 40.2 Å². The summed E-state index contributed by atoms with van der Waals surface area (Å²) in [5.74, 6) is 0.749. The van der Waals surface area contributed by atoms with E-state index in [0.29, 0.717) is 41.7 Å². The lowest BCUT2D eigenvalue weighted by Gasteiger charge is -2.19. The van der Waals surface area contributed by atoms with E-state index >= 15 is 0 Å². The molecule has 2 amide bonds. The van der Waals surface area contributed by atoms with Gasteiger partial charge in [0.15, 0.2) is 11.5 Å². The minimum absolute atomic E-state index is 0.191. The SMILES string of the molecule is CCOc1cc(C=NNC(=O)C(CC(C)C)NC(=O)c2ccc(Cl)cc2)cc(I)c1OCC. The van der Waals surface area contributed by atoms with Crippen LogP contribution in [0.25, 0.3) is 0 Å². The highest BCUT2D eigenvalue weighted by atomic mass is 127. The summed E-state index contributed by atoms with van der Waals surface area (Å²) >= 11 is 8.06. The molecule has 0 spiro atoms. The van der Waals surface area contributed by atoms with Crippen molar-refractivity contribution in [3.63, 3.8) is 0 Å². The lowest BCUT2D eigenvalue weighted by Crippen LogP contribution is -2.46. The third-order valence-corrected chi connectivity index (χ3v) is 5.50. The predicted octanol–water partition coefficient (Wildman–Crippen LogP) is 5.04. The zero-order chi connectivity index (χ0) is 24.4. The van der Waals surface area contributed by atoms with E-state index in [1.807, 2.05) is 33.8 Å². The Morgan fingerprint density at radius 3 is 2.39 bits per heavy atom. The van der Waals surface area contributed by atoms with Crippen molar-refractivity contribution in [3.05, 3.63) is 56.1 Å². The topological polar surface area (TPSA) is 89.0 Å². The highest BCUT2D eigenvalue weighted by Gasteiger charge is 2.22. The van der Waals surface area contributed by atoms with Crippen molar-refractivity contribution in [3.8, 4) is 11.5 Å². The first-order chi connectivity index (χ1) is 15.7. The minimum atomic E-state index is -0.732. The third-order valence-electron chi connectivity index (χ3n) is 4.44. The molecule has 0 saturated heterocycles. The summed E-state index contributed by atoms with van der Waals surface area (Å²) in [6.07, 6.45) is 2.00. The molecule has 2 aromatic rings. The molecule has 9 heteroatoms. The molecule has 33 heavy (non-hydrogen) atoms. The fourth-order valence-corrected chi connectivity index (χ4v) is 3.91. The largest absolute Gasteiger partial charge is 0.490 e. The number of carbonyl (C=O) groups is 2. The average molecular weight is 586 g/mol. The summed E-state index contributed by atoms with van der Waals surface area (Å²) < 4.78 is 12.2. The standard InChI is InChI=1S/C24H29ClIN3O4/c1-5-32-21-13-16(12-19(26)22(21)33-6-2)14-27-29-24(31)20(11-15(3)4)28-23(30)17-7-9-18(25)10-8-17/h7-10,12-15,20H,5-6,11H2,1-4H3,(H,28,30)(H,29,31). The zero-order valence-corrected chi connectivity index (χ0v) is 22.1. The van der Waals surface area contributed by atoms with Gasteiger partial charge in [-0.15, -0.1) is 0 Å². The van der Waals surface area contributed by atoms with Crippen LogP contribution in [0.4, 0.5) is 0 Å². The van der Waals surface area contributed by atoms with Crippen molar-refractivity contribution in [1.29, 1.82) is 0 Å². The van der Waals surface area contributed by atoms with E-state index in [2.05, 4.69) is 38.4 Å². The number of ether oxygens (including phenoxy) is 2. The predicted molar refractivity (Wildman–Crippen MR) is 139 cm³/mol. The van der Waals surface area contributed by atoms with Gasteiger partial charge in [-0.25, -0.2) is 5.43 Å². The van der Waals surface area contributed by atoms with Crippen molar-refractivity contribution in [2.75, 3.05) is 13.2 Å². The van der Waals surface area contributed by atoms with Gasteiger partial charge in [-0.1, -0.05) is 25.4 Å². The Hall–Kier alpha value is -2.33. The second kappa shape index (κ2) is 13.4. The van der Waals surface area contributed by atoms with Crippen LogP contribution in [0.3, 0.4) is 0 Å². The number of halogens is 2. The van der Waals surface area contributed by atoms with Crippen LogP contribution in [0, 0.1) is 9.49 Å². The number of amides is 2. The zero-order valence-electron chi connectivity index (χ0n) is 19.2. The Morgan fingerprint density at radius 2 is 1.79 bits per heavy atom. The van der Waals surface area contributed by atoms with Crippen molar-refractivity contribution in [2.24, 2.45) is 11.0 Å². The maximum absolute atomic E-state index is 12.8. The Balaban J connectivity index is 2.11. The normalized spacial score (nSPS) is 12.0. The smallest absolute Gasteiger partial charge is 0.262 e. The highest BCUT2D eigenvalue weighted by Crippen LogP contribution is 2.33. The third kappa shape index (κ3) is 8.51. The summed E-state index contributed by atoms with van der Waals surface area (Å²) in [4.78, 5) is 25.3. The van der Waals surface area contributed by atoms with Gasteiger partial charge in [0.1, 0.15) is 6.04 Å². The molecule has 0 aliphatic heterocycles. The first-order valence-corrected chi connectivity index (χ1v) is 12.2. The van der Waals surface area contributed by atoms with E-state index in [-0.39, 0.29) is 11.8 Å². The Kier molecular flexibility index (Phi) is 10.9. The van der Waals surface area contributed by atoms with Crippen molar-refractivity contribution < 1.29 is 19.1 Å². The van der Waals surface area contributed by atoms with Crippen LogP contribution >= 0.6 is 34.2 Å². The molecule has 0 aliphatic carbocycles. The fraction of sp³-hybridized carbons (Fsp3) is 0.375. The van der Waals surface area contributed by atoms with Gasteiger partial charge in [0.2, 0.25) is 0 Å². The Morgan fingerprint density at radius 1 is 1.12 bits per heavy atom. The summed E-state index contributed by atoms with van der Waals surface area (Å²) in [5, 5.41) is 7.41. The van der Waals surface area contributed by atoms with Gasteiger partial charge in [0.25, 0.3) is 11.8 Å². The van der Waals surface area contributed by atoms with E-state index in [9.17, 15) is 9.59 Å². The molecule has 2 rings (SSSR count). The highest BCUT2D eigenvalue weighted by molar-refractivity contribution is 14.1. The molecule has 0 aliphatic rings. The molecule has 0 aromatic heterocycles. The summed E-state index contributed by atoms with van der Waals surface area (Å²) in [6.45, 7) is 8.80. The van der Waals surface area contributed by atoms with E-state index in [4.69, 9.17) is 21.1 Å². The van der Waals surface area contributed by atoms with Crippen LogP contribution in [-0.2, 0) is 4.79 Å². The monoisotopic (exact) mass is 585 g/mol. The summed E-state index contributed by atoms with van der Waals surface area (Å²) in [7, 11) is 0. The van der Waals surface area contributed by atoms with Crippen LogP contribution in [0.1, 0.15) is 50.0 Å². The van der Waals surface area contributed by atoms with E-state index in [1.54, 1.807) is 30.3 Å². The first-order valence-electron chi connectivity index (χ1n) is 10.7. The van der Waals surface area contributed by atoms with E-state index in [1.165, 1.54) is 6.21 Å². The van der Waals surface area contributed by atoms with Gasteiger partial charge in [-0.3, -0.25) is 9.59 Å². The molecule has 7 nitrogen and oxygen atoms in total. The first kappa shape index (κ1) is 26.9. The molecule has 0 bridgehead atoms. The molecular formula is C24H29ClIN3O4. The second-order valence-electron chi connectivity index (χ2n) is 7.59. The second-order valence-corrected chi connectivity index (χ2v) is 9.19. The van der Waals surface area contributed by atoms with Crippen molar-refractivity contribution in [1.82, 2.24) is 10.7 Å². The van der Waals surface area contributed by atoms with Gasteiger partial charge in [0, 0.05) is 10.6 Å². The summed E-state index contributed by atoms with van der Waals surface area (Å²) in [5.41, 5.74) is 3.71. The quantitative estimate of drug-likeness (QED) is 0.220. The average Bonchev–Trinajstić information content (AvgIpc) is 2.76. The summed E-state index contributed by atoms with van der Waals surface area (Å²) in [6, 6.07) is 9.45. The maximum atomic E-state index is 12.8. The molecule has 1 unspecified atom stereocenters. The molecule has 0 heterocycles. The van der Waals surface area contributed by atoms with Crippen LogP contribution in [0.2, 0.25) is 5.02 Å². The molecule has 1 atom stereocenters. The fourth-order valence-electron chi connectivity index (χ4n) is 3.00. The molecule has 2 N–H and O–H groups in total.